The van der Waals surface area contributed by atoms with Gasteiger partial charge in [-0.2, -0.15) is 0 Å². The van der Waals surface area contributed by atoms with E-state index in [1.54, 1.807) is 4.90 Å². The number of amides is 2. The molecule has 1 aliphatic heterocycles. The third-order valence-corrected chi connectivity index (χ3v) is 4.44. The largest absolute Gasteiger partial charge is 0.481 e. The summed E-state index contributed by atoms with van der Waals surface area (Å²) in [4.78, 5) is 28.8. The number of thiazole rings is 1. The molecule has 0 bridgehead atoms. The van der Waals surface area contributed by atoms with Crippen molar-refractivity contribution in [2.75, 3.05) is 18.4 Å². The van der Waals surface area contributed by atoms with Crippen molar-refractivity contribution in [3.05, 3.63) is 11.1 Å². The standard InChI is InChI=1S/C14H21N3O3S/c1-9(2)11-8-21-13(15-11)16-14(20)17-6-5-10(7-17)3-4-12(18)19/h8-10H,3-7H2,1-2H3,(H,18,19)(H,15,16,20). The van der Waals surface area contributed by atoms with Gasteiger partial charge in [0.25, 0.3) is 0 Å². The molecule has 2 heterocycles. The summed E-state index contributed by atoms with van der Waals surface area (Å²) in [5.41, 5.74) is 0.982. The lowest BCUT2D eigenvalue weighted by atomic mass is 10.0. The van der Waals surface area contributed by atoms with E-state index in [2.05, 4.69) is 24.1 Å². The van der Waals surface area contributed by atoms with Crippen molar-refractivity contribution in [3.63, 3.8) is 0 Å². The summed E-state index contributed by atoms with van der Waals surface area (Å²) in [5, 5.41) is 14.1. The fourth-order valence-corrected chi connectivity index (χ4v) is 3.22. The molecule has 0 aromatic carbocycles. The Morgan fingerprint density at radius 2 is 2.33 bits per heavy atom. The number of likely N-dealkylation sites (tertiary alicyclic amines) is 1. The Morgan fingerprint density at radius 1 is 1.57 bits per heavy atom. The van der Waals surface area contributed by atoms with E-state index >= 15 is 0 Å². The molecule has 0 spiro atoms. The second kappa shape index (κ2) is 6.89. The van der Waals surface area contributed by atoms with Crippen LogP contribution in [0, 0.1) is 5.92 Å². The molecule has 2 rings (SSSR count). The maximum atomic E-state index is 12.1. The topological polar surface area (TPSA) is 82.5 Å². The molecule has 0 aliphatic carbocycles. The number of urea groups is 1. The summed E-state index contributed by atoms with van der Waals surface area (Å²) in [6.45, 7) is 5.43. The summed E-state index contributed by atoms with van der Waals surface area (Å²) in [6.07, 6.45) is 1.67. The van der Waals surface area contributed by atoms with Gasteiger partial charge in [-0.05, 0) is 24.7 Å². The van der Waals surface area contributed by atoms with Gasteiger partial charge in [0.05, 0.1) is 5.69 Å². The van der Waals surface area contributed by atoms with Crippen molar-refractivity contribution in [2.45, 2.75) is 39.0 Å². The van der Waals surface area contributed by atoms with Crippen LogP contribution in [0.5, 0.6) is 0 Å². The zero-order valence-corrected chi connectivity index (χ0v) is 13.2. The van der Waals surface area contributed by atoms with Crippen LogP contribution in [-0.4, -0.2) is 40.1 Å². The van der Waals surface area contributed by atoms with Gasteiger partial charge in [0, 0.05) is 24.9 Å². The average Bonchev–Trinajstić information content (AvgIpc) is 3.04. The van der Waals surface area contributed by atoms with Gasteiger partial charge in [-0.1, -0.05) is 13.8 Å². The van der Waals surface area contributed by atoms with Gasteiger partial charge in [-0.3, -0.25) is 10.1 Å². The van der Waals surface area contributed by atoms with Crippen molar-refractivity contribution >= 4 is 28.5 Å². The van der Waals surface area contributed by atoms with Crippen LogP contribution in [0.2, 0.25) is 0 Å². The number of carboxylic acid groups (broad SMARTS) is 1. The number of anilines is 1. The summed E-state index contributed by atoms with van der Waals surface area (Å²) in [7, 11) is 0. The van der Waals surface area contributed by atoms with Crippen LogP contribution < -0.4 is 5.32 Å². The van der Waals surface area contributed by atoms with E-state index in [4.69, 9.17) is 5.11 Å². The third-order valence-electron chi connectivity index (χ3n) is 3.67. The van der Waals surface area contributed by atoms with Gasteiger partial charge in [0.1, 0.15) is 0 Å². The van der Waals surface area contributed by atoms with Crippen molar-refractivity contribution in [1.29, 1.82) is 0 Å². The van der Waals surface area contributed by atoms with Crippen LogP contribution >= 0.6 is 11.3 Å². The Bertz CT molecular complexity index is 515. The molecular weight excluding hydrogens is 290 g/mol. The van der Waals surface area contributed by atoms with Crippen molar-refractivity contribution in [1.82, 2.24) is 9.88 Å². The maximum Gasteiger partial charge on any atom is 0.323 e. The monoisotopic (exact) mass is 311 g/mol. The molecule has 1 aromatic rings. The lowest BCUT2D eigenvalue weighted by Crippen LogP contribution is -2.33. The molecule has 7 heteroatoms. The minimum atomic E-state index is -0.776. The van der Waals surface area contributed by atoms with Crippen LogP contribution in [0.4, 0.5) is 9.93 Å². The zero-order chi connectivity index (χ0) is 15.4. The number of nitrogens with one attached hydrogen (secondary N) is 1. The SMILES string of the molecule is CC(C)c1csc(NC(=O)N2CCC(CCC(=O)O)C2)n1. The first-order chi connectivity index (χ1) is 9.95. The van der Waals surface area contributed by atoms with E-state index in [9.17, 15) is 9.59 Å². The van der Waals surface area contributed by atoms with E-state index < -0.39 is 5.97 Å². The van der Waals surface area contributed by atoms with Gasteiger partial charge >= 0.3 is 12.0 Å². The maximum absolute atomic E-state index is 12.1. The van der Waals surface area contributed by atoms with Crippen LogP contribution in [-0.2, 0) is 4.79 Å². The number of carbonyl (C=O) groups excluding carboxylic acids is 1. The molecule has 116 valence electrons. The second-order valence-corrected chi connectivity index (χ2v) is 6.55. The van der Waals surface area contributed by atoms with Gasteiger partial charge in [0.15, 0.2) is 5.13 Å². The first-order valence-electron chi connectivity index (χ1n) is 7.19. The van der Waals surface area contributed by atoms with E-state index in [-0.39, 0.29) is 18.4 Å². The van der Waals surface area contributed by atoms with Crippen molar-refractivity contribution in [2.24, 2.45) is 5.92 Å². The normalized spacial score (nSPS) is 18.2. The van der Waals surface area contributed by atoms with Crippen LogP contribution in [0.25, 0.3) is 0 Å². The number of hydrogen-bond donors (Lipinski definition) is 2. The second-order valence-electron chi connectivity index (χ2n) is 5.70. The number of carbonyl (C=O) groups is 2. The molecule has 21 heavy (non-hydrogen) atoms. The van der Waals surface area contributed by atoms with Crippen LogP contribution in [0.1, 0.15) is 44.7 Å². The highest BCUT2D eigenvalue weighted by atomic mass is 32.1. The number of aliphatic carboxylic acids is 1. The molecule has 6 nitrogen and oxygen atoms in total. The molecule has 2 N–H and O–H groups in total. The molecule has 0 saturated carbocycles. The Labute approximate surface area is 128 Å². The van der Waals surface area contributed by atoms with E-state index in [1.807, 2.05) is 5.38 Å². The number of nitrogens with zero attached hydrogens (tertiary/aromatic N) is 2. The average molecular weight is 311 g/mol. The molecule has 1 unspecified atom stereocenters. The molecule has 0 radical (unpaired) electrons. The molecule has 1 atom stereocenters. The van der Waals surface area contributed by atoms with Gasteiger partial charge in [-0.25, -0.2) is 9.78 Å². The van der Waals surface area contributed by atoms with E-state index in [1.165, 1.54) is 11.3 Å². The minimum absolute atomic E-state index is 0.141. The van der Waals surface area contributed by atoms with E-state index in [0.29, 0.717) is 30.6 Å². The van der Waals surface area contributed by atoms with E-state index in [0.717, 1.165) is 12.1 Å². The third kappa shape index (κ3) is 4.42. The predicted molar refractivity (Wildman–Crippen MR) is 81.8 cm³/mol. The fourth-order valence-electron chi connectivity index (χ4n) is 2.36. The highest BCUT2D eigenvalue weighted by molar-refractivity contribution is 7.13. The Balaban J connectivity index is 1.82. The Kier molecular flexibility index (Phi) is 5.17. The van der Waals surface area contributed by atoms with Crippen LogP contribution in [0.15, 0.2) is 5.38 Å². The highest BCUT2D eigenvalue weighted by Gasteiger charge is 2.27. The van der Waals surface area contributed by atoms with Crippen molar-refractivity contribution in [3.8, 4) is 0 Å². The molecule has 1 fully saturated rings. The predicted octanol–water partition coefficient (Wildman–Crippen LogP) is 2.99. The number of rotatable bonds is 5. The summed E-state index contributed by atoms with van der Waals surface area (Å²) in [5.74, 6) is -0.143. The Morgan fingerprint density at radius 3 is 2.95 bits per heavy atom. The summed E-state index contributed by atoms with van der Waals surface area (Å²) >= 11 is 1.43. The zero-order valence-electron chi connectivity index (χ0n) is 12.3. The highest BCUT2D eigenvalue weighted by Crippen LogP contribution is 2.24. The lowest BCUT2D eigenvalue weighted by molar-refractivity contribution is -0.137. The summed E-state index contributed by atoms with van der Waals surface area (Å²) < 4.78 is 0. The first kappa shape index (κ1) is 15.8. The first-order valence-corrected chi connectivity index (χ1v) is 8.06. The molecule has 2 amide bonds. The van der Waals surface area contributed by atoms with Gasteiger partial charge < -0.3 is 10.0 Å². The van der Waals surface area contributed by atoms with Gasteiger partial charge in [0.2, 0.25) is 0 Å². The number of aromatic nitrogens is 1. The van der Waals surface area contributed by atoms with Crippen molar-refractivity contribution < 1.29 is 14.7 Å². The quantitative estimate of drug-likeness (QED) is 0.875. The molecular formula is C14H21N3O3S. The minimum Gasteiger partial charge on any atom is -0.481 e. The molecule has 1 aromatic heterocycles. The van der Waals surface area contributed by atoms with Gasteiger partial charge in [-0.15, -0.1) is 11.3 Å². The molecule has 1 saturated heterocycles. The number of carboxylic acids is 1. The molecule has 1 aliphatic rings. The Hall–Kier alpha value is -1.63. The lowest BCUT2D eigenvalue weighted by Gasteiger charge is -2.16. The smallest absolute Gasteiger partial charge is 0.323 e. The van der Waals surface area contributed by atoms with Crippen LogP contribution in [0.3, 0.4) is 0 Å². The number of hydrogen-bond acceptors (Lipinski definition) is 4. The fraction of sp³-hybridized carbons (Fsp3) is 0.643. The summed E-state index contributed by atoms with van der Waals surface area (Å²) in [6, 6.07) is -0.141.